The summed E-state index contributed by atoms with van der Waals surface area (Å²) in [5, 5.41) is 9.21. The average Bonchev–Trinajstić information content (AvgIpc) is 2.82. The van der Waals surface area contributed by atoms with Crippen LogP contribution in [0, 0.1) is 0 Å². The first-order chi connectivity index (χ1) is 8.83. The highest BCUT2D eigenvalue weighted by atomic mass is 35.5. The van der Waals surface area contributed by atoms with Crippen LogP contribution in [0.4, 0.5) is 0 Å². The van der Waals surface area contributed by atoms with Gasteiger partial charge in [0.15, 0.2) is 5.82 Å². The number of hydrogen-bond acceptors (Lipinski definition) is 2. The minimum absolute atomic E-state index is 0.756. The van der Waals surface area contributed by atoms with Crippen LogP contribution in [0.3, 0.4) is 0 Å². The topological polar surface area (TPSA) is 30.7 Å². The number of aryl methyl sites for hydroxylation is 1. The van der Waals surface area contributed by atoms with Crippen molar-refractivity contribution in [2.24, 2.45) is 0 Å². The molecule has 0 N–H and O–H groups in total. The number of aromatic nitrogens is 3. The summed E-state index contributed by atoms with van der Waals surface area (Å²) in [5.74, 6) is 2.05. The maximum Gasteiger partial charge on any atom is 0.156 e. The quantitative estimate of drug-likeness (QED) is 0.827. The highest BCUT2D eigenvalue weighted by Gasteiger charge is 2.13. The zero-order valence-corrected chi connectivity index (χ0v) is 10.8. The Morgan fingerprint density at radius 3 is 2.72 bits per heavy atom. The summed E-state index contributed by atoms with van der Waals surface area (Å²) < 4.78 is 2.20. The largest absolute Gasteiger partial charge is 0.312 e. The predicted octanol–water partition coefficient (Wildman–Crippen LogP) is 3.44. The molecule has 1 aliphatic heterocycles. The first-order valence-electron chi connectivity index (χ1n) is 6.19. The maximum atomic E-state index is 5.86. The van der Waals surface area contributed by atoms with Crippen molar-refractivity contribution in [3.05, 3.63) is 46.5 Å². The molecule has 3 rings (SSSR count). The molecule has 0 aliphatic carbocycles. The Kier molecular flexibility index (Phi) is 3.15. The Hall–Kier alpha value is -1.61. The molecule has 1 aromatic heterocycles. The van der Waals surface area contributed by atoms with Crippen LogP contribution in [0.15, 0.2) is 24.3 Å². The number of fused-ring (bicyclic) bond motifs is 1. The molecule has 0 radical (unpaired) electrons. The van der Waals surface area contributed by atoms with Gasteiger partial charge in [-0.2, -0.15) is 0 Å². The van der Waals surface area contributed by atoms with E-state index in [4.69, 9.17) is 11.6 Å². The second-order valence-electron chi connectivity index (χ2n) is 4.47. The van der Waals surface area contributed by atoms with Gasteiger partial charge in [0, 0.05) is 18.0 Å². The summed E-state index contributed by atoms with van der Waals surface area (Å²) >= 11 is 5.86. The first kappa shape index (κ1) is 11.5. The molecule has 3 nitrogen and oxygen atoms in total. The van der Waals surface area contributed by atoms with Crippen molar-refractivity contribution >= 4 is 23.8 Å². The van der Waals surface area contributed by atoms with Gasteiger partial charge in [0.25, 0.3) is 0 Å². The molecule has 4 heteroatoms. The zero-order valence-electron chi connectivity index (χ0n) is 10.0. The Morgan fingerprint density at radius 2 is 1.89 bits per heavy atom. The first-order valence-corrected chi connectivity index (χ1v) is 6.56. The molecule has 92 valence electrons. The summed E-state index contributed by atoms with van der Waals surface area (Å²) in [6.07, 6.45) is 7.54. The van der Waals surface area contributed by atoms with E-state index in [1.165, 1.54) is 12.8 Å². The molecule has 0 unspecified atom stereocenters. The van der Waals surface area contributed by atoms with Crippen LogP contribution < -0.4 is 0 Å². The normalized spacial score (nSPS) is 14.9. The smallest absolute Gasteiger partial charge is 0.156 e. The van der Waals surface area contributed by atoms with Gasteiger partial charge in [-0.05, 0) is 36.6 Å². The Balaban J connectivity index is 1.84. The van der Waals surface area contributed by atoms with Gasteiger partial charge in [-0.1, -0.05) is 29.8 Å². The lowest BCUT2D eigenvalue weighted by atomic mass is 10.1. The second-order valence-corrected chi connectivity index (χ2v) is 4.90. The lowest BCUT2D eigenvalue weighted by Gasteiger charge is -2.13. The third-order valence-electron chi connectivity index (χ3n) is 3.18. The van der Waals surface area contributed by atoms with Gasteiger partial charge >= 0.3 is 0 Å². The van der Waals surface area contributed by atoms with E-state index < -0.39 is 0 Å². The van der Waals surface area contributed by atoms with Crippen LogP contribution in [-0.4, -0.2) is 14.8 Å². The van der Waals surface area contributed by atoms with Crippen LogP contribution in [-0.2, 0) is 13.0 Å². The van der Waals surface area contributed by atoms with E-state index in [9.17, 15) is 0 Å². The molecule has 0 fully saturated rings. The molecular weight excluding hydrogens is 246 g/mol. The van der Waals surface area contributed by atoms with Gasteiger partial charge in [0.1, 0.15) is 5.82 Å². The van der Waals surface area contributed by atoms with Gasteiger partial charge < -0.3 is 4.57 Å². The molecule has 1 aliphatic rings. The Bertz CT molecular complexity index is 569. The van der Waals surface area contributed by atoms with Crippen LogP contribution in [0.1, 0.15) is 30.1 Å². The molecule has 2 heterocycles. The SMILES string of the molecule is Clc1ccc(/C=C/c2nnc3n2CCCC3)cc1. The van der Waals surface area contributed by atoms with E-state index in [-0.39, 0.29) is 0 Å². The van der Waals surface area contributed by atoms with E-state index in [0.29, 0.717) is 0 Å². The molecule has 0 saturated heterocycles. The Labute approximate surface area is 111 Å². The van der Waals surface area contributed by atoms with E-state index in [1.807, 2.05) is 36.4 Å². The van der Waals surface area contributed by atoms with Crippen molar-refractivity contribution in [2.45, 2.75) is 25.8 Å². The summed E-state index contributed by atoms with van der Waals surface area (Å²) in [5.41, 5.74) is 1.12. The standard InChI is InChI=1S/C14H14ClN3/c15-12-7-4-11(5-8-12)6-9-14-17-16-13-3-1-2-10-18(13)14/h4-9H,1-3,10H2/b9-6+. The fraction of sp³-hybridized carbons (Fsp3) is 0.286. The van der Waals surface area contributed by atoms with Crippen LogP contribution in [0.25, 0.3) is 12.2 Å². The number of halogens is 1. The van der Waals surface area contributed by atoms with Crippen molar-refractivity contribution in [2.75, 3.05) is 0 Å². The van der Waals surface area contributed by atoms with Crippen molar-refractivity contribution < 1.29 is 0 Å². The molecule has 0 amide bonds. The minimum atomic E-state index is 0.756. The van der Waals surface area contributed by atoms with Crippen LogP contribution in [0.5, 0.6) is 0 Å². The van der Waals surface area contributed by atoms with Gasteiger partial charge in [-0.25, -0.2) is 0 Å². The van der Waals surface area contributed by atoms with Gasteiger partial charge in [0.2, 0.25) is 0 Å². The molecule has 0 saturated carbocycles. The number of hydrogen-bond donors (Lipinski definition) is 0. The van der Waals surface area contributed by atoms with Gasteiger partial charge in [-0.15, -0.1) is 10.2 Å². The fourth-order valence-electron chi connectivity index (χ4n) is 2.20. The monoisotopic (exact) mass is 259 g/mol. The van der Waals surface area contributed by atoms with Crippen molar-refractivity contribution in [1.82, 2.24) is 14.8 Å². The minimum Gasteiger partial charge on any atom is -0.312 e. The van der Waals surface area contributed by atoms with E-state index in [1.54, 1.807) is 0 Å². The number of benzene rings is 1. The molecule has 2 aromatic rings. The molecule has 0 bridgehead atoms. The highest BCUT2D eigenvalue weighted by Crippen LogP contribution is 2.16. The van der Waals surface area contributed by atoms with E-state index in [0.717, 1.165) is 35.2 Å². The lowest BCUT2D eigenvalue weighted by Crippen LogP contribution is -2.11. The summed E-state index contributed by atoms with van der Waals surface area (Å²) in [7, 11) is 0. The molecular formula is C14H14ClN3. The Morgan fingerprint density at radius 1 is 1.06 bits per heavy atom. The molecule has 0 atom stereocenters. The summed E-state index contributed by atoms with van der Waals surface area (Å²) in [6.45, 7) is 1.03. The third-order valence-corrected chi connectivity index (χ3v) is 3.43. The van der Waals surface area contributed by atoms with Gasteiger partial charge in [-0.3, -0.25) is 0 Å². The number of rotatable bonds is 2. The average molecular weight is 260 g/mol. The molecule has 0 spiro atoms. The lowest BCUT2D eigenvalue weighted by molar-refractivity contribution is 0.520. The summed E-state index contributed by atoms with van der Waals surface area (Å²) in [6, 6.07) is 7.76. The predicted molar refractivity (Wildman–Crippen MR) is 73.3 cm³/mol. The van der Waals surface area contributed by atoms with E-state index >= 15 is 0 Å². The maximum absolute atomic E-state index is 5.86. The second kappa shape index (κ2) is 4.94. The third kappa shape index (κ3) is 2.31. The van der Waals surface area contributed by atoms with Crippen LogP contribution in [0.2, 0.25) is 5.02 Å². The molecule has 1 aromatic carbocycles. The summed E-state index contributed by atoms with van der Waals surface area (Å²) in [4.78, 5) is 0. The van der Waals surface area contributed by atoms with Crippen LogP contribution >= 0.6 is 11.6 Å². The van der Waals surface area contributed by atoms with Crippen molar-refractivity contribution in [3.8, 4) is 0 Å². The highest BCUT2D eigenvalue weighted by molar-refractivity contribution is 6.30. The van der Waals surface area contributed by atoms with Crippen molar-refractivity contribution in [1.29, 1.82) is 0 Å². The van der Waals surface area contributed by atoms with Gasteiger partial charge in [0.05, 0.1) is 0 Å². The molecule has 18 heavy (non-hydrogen) atoms. The van der Waals surface area contributed by atoms with Crippen molar-refractivity contribution in [3.63, 3.8) is 0 Å². The van der Waals surface area contributed by atoms with E-state index in [2.05, 4.69) is 14.8 Å². The fourth-order valence-corrected chi connectivity index (χ4v) is 2.32. The number of nitrogens with zero attached hydrogens (tertiary/aromatic N) is 3. The zero-order chi connectivity index (χ0) is 12.4.